The van der Waals surface area contributed by atoms with Crippen molar-refractivity contribution in [3.05, 3.63) is 69.7 Å². The number of amides is 1. The number of carboxylic acid groups (broad SMARTS) is 1. The van der Waals surface area contributed by atoms with Crippen LogP contribution in [0.1, 0.15) is 43.0 Å². The molecular formula is C22H23Cl2NO5. The van der Waals surface area contributed by atoms with Gasteiger partial charge in [-0.15, -0.1) is 0 Å². The minimum Gasteiger partial charge on any atom is -0.481 e. The number of nitrogens with zero attached hydrogens (tertiary/aromatic N) is 1. The summed E-state index contributed by atoms with van der Waals surface area (Å²) in [4.78, 5) is 26.2. The Morgan fingerprint density at radius 2 is 1.83 bits per heavy atom. The summed E-state index contributed by atoms with van der Waals surface area (Å²) in [6.07, 6.45) is -1.82. The summed E-state index contributed by atoms with van der Waals surface area (Å²) in [6, 6.07) is 13.0. The van der Waals surface area contributed by atoms with Gasteiger partial charge in [0.1, 0.15) is 12.2 Å². The molecule has 1 aliphatic rings. The molecule has 4 atom stereocenters. The molecule has 2 unspecified atom stereocenters. The molecule has 3 rings (SSSR count). The number of aliphatic hydroxyl groups excluding tert-OH is 1. The van der Waals surface area contributed by atoms with Crippen LogP contribution < -0.4 is 0 Å². The average Bonchev–Trinajstić information content (AvgIpc) is 2.71. The molecule has 0 saturated carbocycles. The molecule has 1 saturated heterocycles. The molecule has 0 aliphatic carbocycles. The van der Waals surface area contributed by atoms with E-state index >= 15 is 0 Å². The largest absolute Gasteiger partial charge is 0.481 e. The number of aliphatic hydroxyl groups is 1. The van der Waals surface area contributed by atoms with Crippen molar-refractivity contribution < 1.29 is 24.5 Å². The molecule has 2 aromatic rings. The third-order valence-electron chi connectivity index (χ3n) is 5.25. The molecule has 0 radical (unpaired) electrons. The summed E-state index contributed by atoms with van der Waals surface area (Å²) in [5.74, 6) is -1.60. The van der Waals surface area contributed by atoms with Gasteiger partial charge in [0.05, 0.1) is 25.1 Å². The summed E-state index contributed by atoms with van der Waals surface area (Å²) in [5, 5.41) is 20.3. The van der Waals surface area contributed by atoms with Crippen molar-refractivity contribution in [3.8, 4) is 0 Å². The fraction of sp³-hybridized carbons (Fsp3) is 0.364. The Labute approximate surface area is 185 Å². The molecule has 2 N–H and O–H groups in total. The van der Waals surface area contributed by atoms with Gasteiger partial charge in [0.25, 0.3) is 5.91 Å². The average molecular weight is 452 g/mol. The van der Waals surface area contributed by atoms with Crippen LogP contribution in [-0.4, -0.2) is 45.7 Å². The van der Waals surface area contributed by atoms with Gasteiger partial charge in [0, 0.05) is 10.0 Å². The third-order valence-corrected chi connectivity index (χ3v) is 5.74. The Balaban J connectivity index is 2.16. The number of hydrogen-bond acceptors (Lipinski definition) is 4. The first-order valence-corrected chi connectivity index (χ1v) is 10.4. The normalized spacial score (nSPS) is 22.7. The number of hydrogen-bond donors (Lipinski definition) is 2. The van der Waals surface area contributed by atoms with Crippen molar-refractivity contribution in [2.75, 3.05) is 6.61 Å². The van der Waals surface area contributed by atoms with Crippen LogP contribution in [0.5, 0.6) is 0 Å². The number of carboxylic acids is 1. The fourth-order valence-electron chi connectivity index (χ4n) is 3.81. The summed E-state index contributed by atoms with van der Waals surface area (Å²) < 4.78 is 6.07. The lowest BCUT2D eigenvalue weighted by Gasteiger charge is -2.47. The molecule has 30 heavy (non-hydrogen) atoms. The van der Waals surface area contributed by atoms with Crippen LogP contribution in [0, 0.1) is 0 Å². The topological polar surface area (TPSA) is 87.1 Å². The quantitative estimate of drug-likeness (QED) is 0.656. The predicted octanol–water partition coefficient (Wildman–Crippen LogP) is 4.25. The van der Waals surface area contributed by atoms with Crippen molar-refractivity contribution in [2.45, 2.75) is 44.1 Å². The van der Waals surface area contributed by atoms with E-state index in [0.29, 0.717) is 22.0 Å². The van der Waals surface area contributed by atoms with Crippen molar-refractivity contribution in [2.24, 2.45) is 0 Å². The molecule has 0 spiro atoms. The van der Waals surface area contributed by atoms with E-state index in [-0.39, 0.29) is 6.61 Å². The Morgan fingerprint density at radius 1 is 1.13 bits per heavy atom. The summed E-state index contributed by atoms with van der Waals surface area (Å²) in [6.45, 7) is 1.61. The first kappa shape index (κ1) is 22.6. The number of benzene rings is 2. The van der Waals surface area contributed by atoms with E-state index in [1.807, 2.05) is 13.0 Å². The second-order valence-corrected chi connectivity index (χ2v) is 8.06. The van der Waals surface area contributed by atoms with E-state index < -0.39 is 42.6 Å². The number of halogens is 2. The van der Waals surface area contributed by atoms with E-state index in [0.717, 1.165) is 5.56 Å². The SMILES string of the molecule is CCC(CO)N1C(=O)C(CC(=O)O)O[C@@H](c2cccc(Cl)c2)[C@H]1c1ccc(Cl)cc1. The number of aliphatic carboxylic acids is 1. The van der Waals surface area contributed by atoms with E-state index in [1.165, 1.54) is 0 Å². The van der Waals surface area contributed by atoms with Crippen molar-refractivity contribution >= 4 is 35.1 Å². The fourth-order valence-corrected chi connectivity index (χ4v) is 4.14. The Kier molecular flexibility index (Phi) is 7.36. The highest BCUT2D eigenvalue weighted by Crippen LogP contribution is 2.44. The number of morpholine rings is 1. The minimum absolute atomic E-state index is 0.256. The predicted molar refractivity (Wildman–Crippen MR) is 114 cm³/mol. The number of carbonyl (C=O) groups excluding carboxylic acids is 1. The van der Waals surface area contributed by atoms with Crippen molar-refractivity contribution in [1.29, 1.82) is 0 Å². The maximum atomic E-state index is 13.3. The van der Waals surface area contributed by atoms with Crippen LogP contribution >= 0.6 is 23.2 Å². The first-order chi connectivity index (χ1) is 14.3. The Morgan fingerprint density at radius 3 is 2.40 bits per heavy atom. The van der Waals surface area contributed by atoms with Gasteiger partial charge in [-0.05, 0) is 41.8 Å². The van der Waals surface area contributed by atoms with Crippen LogP contribution in [0.25, 0.3) is 0 Å². The van der Waals surface area contributed by atoms with Gasteiger partial charge in [-0.1, -0.05) is 54.4 Å². The van der Waals surface area contributed by atoms with Gasteiger partial charge in [0.15, 0.2) is 0 Å². The molecule has 8 heteroatoms. The summed E-state index contributed by atoms with van der Waals surface area (Å²) >= 11 is 12.2. The molecule has 1 aliphatic heterocycles. The van der Waals surface area contributed by atoms with Crippen LogP contribution in [0.2, 0.25) is 10.0 Å². The van der Waals surface area contributed by atoms with Crippen molar-refractivity contribution in [1.82, 2.24) is 4.90 Å². The molecule has 6 nitrogen and oxygen atoms in total. The van der Waals surface area contributed by atoms with Crippen LogP contribution in [-0.2, 0) is 14.3 Å². The molecule has 0 bridgehead atoms. The van der Waals surface area contributed by atoms with E-state index in [2.05, 4.69) is 0 Å². The molecule has 1 heterocycles. The zero-order valence-electron chi connectivity index (χ0n) is 16.4. The van der Waals surface area contributed by atoms with Gasteiger partial charge >= 0.3 is 5.97 Å². The molecule has 1 amide bonds. The van der Waals surface area contributed by atoms with Gasteiger partial charge in [-0.2, -0.15) is 0 Å². The lowest BCUT2D eigenvalue weighted by atomic mass is 9.89. The lowest BCUT2D eigenvalue weighted by Crippen LogP contribution is -2.56. The van der Waals surface area contributed by atoms with Gasteiger partial charge in [0.2, 0.25) is 0 Å². The molecular weight excluding hydrogens is 429 g/mol. The third kappa shape index (κ3) is 4.78. The van der Waals surface area contributed by atoms with Gasteiger partial charge < -0.3 is 19.8 Å². The van der Waals surface area contributed by atoms with Crippen LogP contribution in [0.3, 0.4) is 0 Å². The maximum Gasteiger partial charge on any atom is 0.306 e. The zero-order chi connectivity index (χ0) is 21.8. The highest BCUT2D eigenvalue weighted by atomic mass is 35.5. The highest BCUT2D eigenvalue weighted by Gasteiger charge is 2.46. The van der Waals surface area contributed by atoms with Gasteiger partial charge in [-0.25, -0.2) is 0 Å². The van der Waals surface area contributed by atoms with Gasteiger partial charge in [-0.3, -0.25) is 9.59 Å². The molecule has 160 valence electrons. The molecule has 2 aromatic carbocycles. The molecule has 0 aromatic heterocycles. The zero-order valence-corrected chi connectivity index (χ0v) is 17.9. The summed E-state index contributed by atoms with van der Waals surface area (Å²) in [5.41, 5.74) is 1.47. The maximum absolute atomic E-state index is 13.3. The Bertz CT molecular complexity index is 901. The standard InChI is InChI=1S/C22H23Cl2NO5/c1-2-17(12-26)25-20(13-6-8-15(23)9-7-13)21(14-4-3-5-16(24)10-14)30-18(22(25)29)11-19(27)28/h3-10,17-18,20-21,26H,2,11-12H2,1H3,(H,27,28)/t17?,18?,20-,21+/m1/s1. The first-order valence-electron chi connectivity index (χ1n) is 9.66. The number of carbonyl (C=O) groups is 2. The highest BCUT2D eigenvalue weighted by molar-refractivity contribution is 6.30. The van der Waals surface area contributed by atoms with Crippen molar-refractivity contribution in [3.63, 3.8) is 0 Å². The molecule has 1 fully saturated rings. The van der Waals surface area contributed by atoms with Crippen LogP contribution in [0.15, 0.2) is 48.5 Å². The minimum atomic E-state index is -1.17. The lowest BCUT2D eigenvalue weighted by molar-refractivity contribution is -0.184. The van der Waals surface area contributed by atoms with E-state index in [1.54, 1.807) is 47.4 Å². The van der Waals surface area contributed by atoms with Crippen LogP contribution in [0.4, 0.5) is 0 Å². The summed E-state index contributed by atoms with van der Waals surface area (Å²) in [7, 11) is 0. The monoisotopic (exact) mass is 451 g/mol. The Hall–Kier alpha value is -2.12. The van der Waals surface area contributed by atoms with E-state index in [9.17, 15) is 19.8 Å². The second-order valence-electron chi connectivity index (χ2n) is 7.18. The second kappa shape index (κ2) is 9.79. The van der Waals surface area contributed by atoms with E-state index in [4.69, 9.17) is 27.9 Å². The number of rotatable bonds is 7. The number of ether oxygens (including phenoxy) is 1. The smallest absolute Gasteiger partial charge is 0.306 e.